The highest BCUT2D eigenvalue weighted by atomic mass is 16.6. The zero-order chi connectivity index (χ0) is 14.7. The molecule has 4 nitrogen and oxygen atoms in total. The minimum Gasteiger partial charge on any atom is -0.378 e. The lowest BCUT2D eigenvalue weighted by Crippen LogP contribution is -2.62. The van der Waals surface area contributed by atoms with Crippen molar-refractivity contribution >= 4 is 5.91 Å². The van der Waals surface area contributed by atoms with E-state index in [2.05, 4.69) is 30.9 Å². The van der Waals surface area contributed by atoms with E-state index in [4.69, 9.17) is 9.47 Å². The molecule has 116 valence electrons. The first kappa shape index (κ1) is 13.8. The minimum atomic E-state index is -0.283. The molecule has 4 atom stereocenters. The number of hydrogen-bond donors (Lipinski definition) is 0. The lowest BCUT2D eigenvalue weighted by Gasteiger charge is -2.48. The van der Waals surface area contributed by atoms with E-state index >= 15 is 0 Å². The van der Waals surface area contributed by atoms with Crippen LogP contribution in [0, 0.1) is 17.8 Å². The van der Waals surface area contributed by atoms with Gasteiger partial charge in [0.2, 0.25) is 5.91 Å². The first-order chi connectivity index (χ1) is 9.96. The maximum Gasteiger partial charge on any atom is 0.226 e. The summed E-state index contributed by atoms with van der Waals surface area (Å²) in [6, 6.07) is 0. The molecule has 2 aliphatic carbocycles. The van der Waals surface area contributed by atoms with Gasteiger partial charge in [-0.1, -0.05) is 12.2 Å². The molecule has 3 fully saturated rings. The number of carbonyl (C=O) groups is 1. The Bertz CT molecular complexity index is 478. The quantitative estimate of drug-likeness (QED) is 0.694. The highest BCUT2D eigenvalue weighted by Gasteiger charge is 2.50. The molecule has 0 radical (unpaired) electrons. The van der Waals surface area contributed by atoms with E-state index in [1.165, 1.54) is 6.42 Å². The van der Waals surface area contributed by atoms with Gasteiger partial charge in [0, 0.05) is 25.5 Å². The fourth-order valence-electron chi connectivity index (χ4n) is 4.76. The number of nitrogens with zero attached hydrogens (tertiary/aromatic N) is 1. The van der Waals surface area contributed by atoms with Crippen molar-refractivity contribution in [3.8, 4) is 0 Å². The number of morpholine rings is 1. The number of amides is 1. The summed E-state index contributed by atoms with van der Waals surface area (Å²) in [6.45, 7) is 6.95. The second-order valence-corrected chi connectivity index (χ2v) is 7.93. The van der Waals surface area contributed by atoms with Crippen molar-refractivity contribution in [1.29, 1.82) is 0 Å². The number of ether oxygens (including phenoxy) is 2. The topological polar surface area (TPSA) is 38.8 Å². The number of hydrogen-bond acceptors (Lipinski definition) is 3. The van der Waals surface area contributed by atoms with Crippen LogP contribution in [0.15, 0.2) is 12.2 Å². The molecule has 4 aliphatic rings. The Balaban J connectivity index is 1.53. The van der Waals surface area contributed by atoms with Gasteiger partial charge in [0.25, 0.3) is 0 Å². The van der Waals surface area contributed by atoms with Gasteiger partial charge in [0.05, 0.1) is 18.8 Å². The summed E-state index contributed by atoms with van der Waals surface area (Å²) in [4.78, 5) is 15.1. The molecule has 1 saturated carbocycles. The van der Waals surface area contributed by atoms with Crippen molar-refractivity contribution in [2.24, 2.45) is 17.8 Å². The average Bonchev–Trinajstić information content (AvgIpc) is 3.12. The van der Waals surface area contributed by atoms with E-state index in [0.29, 0.717) is 37.4 Å². The highest BCUT2D eigenvalue weighted by molar-refractivity contribution is 5.80. The second-order valence-electron chi connectivity index (χ2n) is 7.93. The molecule has 0 aromatic rings. The predicted octanol–water partition coefficient (Wildman–Crippen LogP) is 2.00. The zero-order valence-corrected chi connectivity index (χ0v) is 13.0. The van der Waals surface area contributed by atoms with E-state index in [1.54, 1.807) is 0 Å². The smallest absolute Gasteiger partial charge is 0.226 e. The summed E-state index contributed by atoms with van der Waals surface area (Å²) in [6.07, 6.45) is 7.68. The molecule has 0 aromatic heterocycles. The van der Waals surface area contributed by atoms with Crippen LogP contribution in [0.25, 0.3) is 0 Å². The summed E-state index contributed by atoms with van der Waals surface area (Å²) in [5.41, 5.74) is -0.556. The van der Waals surface area contributed by atoms with Gasteiger partial charge in [0.15, 0.2) is 0 Å². The van der Waals surface area contributed by atoms with Crippen molar-refractivity contribution in [3.05, 3.63) is 12.2 Å². The summed E-state index contributed by atoms with van der Waals surface area (Å²) < 4.78 is 11.9. The Morgan fingerprint density at radius 1 is 1.24 bits per heavy atom. The van der Waals surface area contributed by atoms with Gasteiger partial charge < -0.3 is 14.4 Å². The van der Waals surface area contributed by atoms with E-state index in [1.807, 2.05) is 0 Å². The summed E-state index contributed by atoms with van der Waals surface area (Å²) in [5, 5.41) is 0. The Hall–Kier alpha value is -0.870. The van der Waals surface area contributed by atoms with Crippen molar-refractivity contribution in [1.82, 2.24) is 4.90 Å². The lowest BCUT2D eigenvalue weighted by atomic mass is 9.89. The van der Waals surface area contributed by atoms with E-state index in [0.717, 1.165) is 19.4 Å². The van der Waals surface area contributed by atoms with Crippen LogP contribution in [0.3, 0.4) is 0 Å². The molecule has 2 saturated heterocycles. The van der Waals surface area contributed by atoms with Gasteiger partial charge in [-0.15, -0.1) is 0 Å². The monoisotopic (exact) mass is 291 g/mol. The molecule has 4 rings (SSSR count). The van der Waals surface area contributed by atoms with Gasteiger partial charge >= 0.3 is 0 Å². The summed E-state index contributed by atoms with van der Waals surface area (Å²) >= 11 is 0. The third-order valence-electron chi connectivity index (χ3n) is 5.52. The largest absolute Gasteiger partial charge is 0.378 e. The predicted molar refractivity (Wildman–Crippen MR) is 78.8 cm³/mol. The van der Waals surface area contributed by atoms with Crippen LogP contribution in [-0.4, -0.2) is 48.3 Å². The van der Waals surface area contributed by atoms with Crippen LogP contribution < -0.4 is 0 Å². The molecule has 4 heteroatoms. The van der Waals surface area contributed by atoms with Gasteiger partial charge in [-0.25, -0.2) is 0 Å². The maximum absolute atomic E-state index is 13.0. The minimum absolute atomic E-state index is 0.202. The lowest BCUT2D eigenvalue weighted by molar-refractivity contribution is -0.201. The molecule has 1 spiro atoms. The third kappa shape index (κ3) is 2.33. The molecular formula is C17H25NO3. The van der Waals surface area contributed by atoms with Crippen LogP contribution in [0.4, 0.5) is 0 Å². The fraction of sp³-hybridized carbons (Fsp3) is 0.824. The van der Waals surface area contributed by atoms with Crippen molar-refractivity contribution in [3.63, 3.8) is 0 Å². The summed E-state index contributed by atoms with van der Waals surface area (Å²) in [5.74, 6) is 1.66. The number of carbonyl (C=O) groups excluding carboxylic acids is 1. The van der Waals surface area contributed by atoms with E-state index in [9.17, 15) is 4.79 Å². The Morgan fingerprint density at radius 3 is 2.71 bits per heavy atom. The normalized spacial score (nSPS) is 43.9. The molecule has 2 aliphatic heterocycles. The first-order valence-electron chi connectivity index (χ1n) is 8.22. The van der Waals surface area contributed by atoms with Crippen LogP contribution in [0.1, 0.15) is 33.1 Å². The summed E-state index contributed by atoms with van der Waals surface area (Å²) in [7, 11) is 0. The number of rotatable bonds is 1. The van der Waals surface area contributed by atoms with Crippen molar-refractivity contribution in [2.75, 3.05) is 26.3 Å². The Kier molecular flexibility index (Phi) is 2.99. The van der Waals surface area contributed by atoms with Crippen molar-refractivity contribution < 1.29 is 14.3 Å². The Morgan fingerprint density at radius 2 is 2.10 bits per heavy atom. The van der Waals surface area contributed by atoms with E-state index in [-0.39, 0.29) is 17.1 Å². The number of allylic oxidation sites excluding steroid dienone is 2. The molecule has 1 amide bonds. The first-order valence-corrected chi connectivity index (χ1v) is 8.22. The maximum atomic E-state index is 13.0. The van der Waals surface area contributed by atoms with Crippen LogP contribution >= 0.6 is 0 Å². The average molecular weight is 291 g/mol. The van der Waals surface area contributed by atoms with Crippen LogP contribution in [0.5, 0.6) is 0 Å². The standard InChI is InChI=1S/C17H25NO3/c1-16(2)9-18(10-17(21-16)5-6-20-11-17)15(19)14-8-12-3-4-13(14)7-12/h3-4,12-14H,5-11H2,1-2H3/t12-,13-,14-,17-/m0/s1. The SMILES string of the molecule is CC1(C)CN(C(=O)[C@H]2C[C@H]3C=C[C@H]2C3)C[C@]2(CCOC2)O1. The molecule has 21 heavy (non-hydrogen) atoms. The number of fused-ring (bicyclic) bond motifs is 2. The third-order valence-corrected chi connectivity index (χ3v) is 5.52. The van der Waals surface area contributed by atoms with E-state index < -0.39 is 0 Å². The molecule has 2 heterocycles. The van der Waals surface area contributed by atoms with Crippen LogP contribution in [-0.2, 0) is 14.3 Å². The molecule has 0 unspecified atom stereocenters. The Labute approximate surface area is 126 Å². The van der Waals surface area contributed by atoms with Gasteiger partial charge in [-0.2, -0.15) is 0 Å². The molecule has 2 bridgehead atoms. The molecule has 0 aromatic carbocycles. The second kappa shape index (κ2) is 4.56. The highest BCUT2D eigenvalue weighted by Crippen LogP contribution is 2.45. The molecular weight excluding hydrogens is 266 g/mol. The van der Waals surface area contributed by atoms with Gasteiger partial charge in [-0.3, -0.25) is 4.79 Å². The van der Waals surface area contributed by atoms with Crippen LogP contribution in [0.2, 0.25) is 0 Å². The van der Waals surface area contributed by atoms with Gasteiger partial charge in [-0.05, 0) is 38.5 Å². The zero-order valence-electron chi connectivity index (χ0n) is 13.0. The molecule has 0 N–H and O–H groups in total. The van der Waals surface area contributed by atoms with Gasteiger partial charge in [0.1, 0.15) is 5.60 Å². The van der Waals surface area contributed by atoms with Crippen molar-refractivity contribution in [2.45, 2.75) is 44.3 Å². The fourth-order valence-corrected chi connectivity index (χ4v) is 4.76.